The van der Waals surface area contributed by atoms with E-state index in [9.17, 15) is 18.0 Å². The zero-order valence-electron chi connectivity index (χ0n) is 17.6. The van der Waals surface area contributed by atoms with Gasteiger partial charge in [-0.2, -0.15) is 13.2 Å². The summed E-state index contributed by atoms with van der Waals surface area (Å²) in [6.45, 7) is 0.797. The lowest BCUT2D eigenvalue weighted by Gasteiger charge is -2.32. The van der Waals surface area contributed by atoms with Gasteiger partial charge in [0.25, 0.3) is 5.91 Å². The quantitative estimate of drug-likeness (QED) is 0.517. The Hall–Kier alpha value is -2.97. The average Bonchev–Trinajstić information content (AvgIpc) is 2.83. The predicted molar refractivity (Wildman–Crippen MR) is 120 cm³/mol. The molecule has 2 atom stereocenters. The third kappa shape index (κ3) is 5.34. The normalized spacial score (nSPS) is 17.4. The Kier molecular flexibility index (Phi) is 6.95. The Bertz CT molecular complexity index is 1120. The van der Waals surface area contributed by atoms with E-state index in [4.69, 9.17) is 11.6 Å². The molecule has 0 radical (unpaired) electrons. The van der Waals surface area contributed by atoms with Crippen LogP contribution in [0.25, 0.3) is 11.3 Å². The Morgan fingerprint density at radius 1 is 1.15 bits per heavy atom. The topological polar surface area (TPSA) is 66.9 Å². The summed E-state index contributed by atoms with van der Waals surface area (Å²) in [6, 6.07) is 10.4. The first-order chi connectivity index (χ1) is 15.8. The highest BCUT2D eigenvalue weighted by atomic mass is 35.5. The lowest BCUT2D eigenvalue weighted by Crippen LogP contribution is -2.46. The Balaban J connectivity index is 1.68. The van der Waals surface area contributed by atoms with Gasteiger partial charge in [0.15, 0.2) is 0 Å². The second-order valence-electron chi connectivity index (χ2n) is 7.89. The van der Waals surface area contributed by atoms with Crippen molar-refractivity contribution in [3.05, 3.63) is 82.8 Å². The van der Waals surface area contributed by atoms with Crippen molar-refractivity contribution in [2.45, 2.75) is 37.5 Å². The molecule has 0 bridgehead atoms. The van der Waals surface area contributed by atoms with E-state index in [1.807, 2.05) is 24.3 Å². The standard InChI is InChI=1S/C24H22ClF3N4O/c25-21-17(7-4-8-18(21)24(26,27)28)23(33)32-22(19-9-1-2-10-30-19)16-6-3-5-15(13-16)20-14-29-11-12-31-20/h3-8,11-14,19,22,30H,1-2,9-10H2,(H,32,33)/t19-,22-/m0/s1. The predicted octanol–water partition coefficient (Wildman–Crippen LogP) is 5.43. The number of carbonyl (C=O) groups is 1. The van der Waals surface area contributed by atoms with Gasteiger partial charge in [-0.1, -0.05) is 42.3 Å². The highest BCUT2D eigenvalue weighted by molar-refractivity contribution is 6.34. The lowest BCUT2D eigenvalue weighted by atomic mass is 9.91. The molecule has 2 N–H and O–H groups in total. The van der Waals surface area contributed by atoms with E-state index >= 15 is 0 Å². The molecular formula is C24H22ClF3N4O. The number of hydrogen-bond acceptors (Lipinski definition) is 4. The number of alkyl halides is 3. The highest BCUT2D eigenvalue weighted by Gasteiger charge is 2.35. The number of nitrogens with one attached hydrogen (secondary N) is 2. The minimum absolute atomic E-state index is 0.0793. The van der Waals surface area contributed by atoms with Gasteiger partial charge < -0.3 is 10.6 Å². The molecule has 3 aromatic rings. The molecule has 0 saturated carbocycles. The Labute approximate surface area is 194 Å². The summed E-state index contributed by atoms with van der Waals surface area (Å²) in [5.74, 6) is -0.659. The van der Waals surface area contributed by atoms with Crippen LogP contribution in [0.3, 0.4) is 0 Å². The summed E-state index contributed by atoms with van der Waals surface area (Å²) >= 11 is 6.00. The third-order valence-corrected chi connectivity index (χ3v) is 6.10. The fourth-order valence-corrected chi connectivity index (χ4v) is 4.38. The third-order valence-electron chi connectivity index (χ3n) is 5.69. The van der Waals surface area contributed by atoms with Gasteiger partial charge in [0.1, 0.15) is 0 Å². The lowest BCUT2D eigenvalue weighted by molar-refractivity contribution is -0.137. The maximum atomic E-state index is 13.3. The van der Waals surface area contributed by atoms with Crippen LogP contribution in [-0.2, 0) is 6.18 Å². The first kappa shape index (κ1) is 23.2. The van der Waals surface area contributed by atoms with Gasteiger partial charge in [0.05, 0.1) is 34.1 Å². The maximum Gasteiger partial charge on any atom is 0.417 e. The fourth-order valence-electron chi connectivity index (χ4n) is 4.06. The number of benzene rings is 2. The van der Waals surface area contributed by atoms with Crippen molar-refractivity contribution in [2.75, 3.05) is 6.54 Å². The monoisotopic (exact) mass is 474 g/mol. The summed E-state index contributed by atoms with van der Waals surface area (Å²) in [5.41, 5.74) is 1.08. The molecule has 9 heteroatoms. The van der Waals surface area contributed by atoms with Gasteiger partial charge in [-0.25, -0.2) is 0 Å². The Morgan fingerprint density at radius 2 is 1.97 bits per heavy atom. The molecule has 0 spiro atoms. The average molecular weight is 475 g/mol. The minimum atomic E-state index is -4.65. The molecule has 1 aliphatic rings. The van der Waals surface area contributed by atoms with Gasteiger partial charge >= 0.3 is 6.18 Å². The number of amides is 1. The smallest absolute Gasteiger partial charge is 0.344 e. The van der Waals surface area contributed by atoms with Crippen LogP contribution in [0.2, 0.25) is 5.02 Å². The van der Waals surface area contributed by atoms with Crippen LogP contribution >= 0.6 is 11.6 Å². The van der Waals surface area contributed by atoms with Gasteiger partial charge in [0.2, 0.25) is 0 Å². The molecule has 1 amide bonds. The van der Waals surface area contributed by atoms with Crippen molar-refractivity contribution < 1.29 is 18.0 Å². The van der Waals surface area contributed by atoms with Crippen LogP contribution in [0.5, 0.6) is 0 Å². The summed E-state index contributed by atoms with van der Waals surface area (Å²) in [4.78, 5) is 21.5. The van der Waals surface area contributed by atoms with Gasteiger partial charge in [-0.3, -0.25) is 14.8 Å². The molecule has 5 nitrogen and oxygen atoms in total. The number of aromatic nitrogens is 2. The van der Waals surface area contributed by atoms with Crippen molar-refractivity contribution >= 4 is 17.5 Å². The minimum Gasteiger partial charge on any atom is -0.344 e. The number of carbonyl (C=O) groups excluding carboxylic acids is 1. The van der Waals surface area contributed by atoms with Crippen LogP contribution in [-0.4, -0.2) is 28.5 Å². The molecule has 1 aromatic heterocycles. The Morgan fingerprint density at radius 3 is 2.67 bits per heavy atom. The van der Waals surface area contributed by atoms with Crippen LogP contribution in [0.4, 0.5) is 13.2 Å². The largest absolute Gasteiger partial charge is 0.417 e. The van der Waals surface area contributed by atoms with Gasteiger partial charge in [-0.15, -0.1) is 0 Å². The van der Waals surface area contributed by atoms with E-state index in [2.05, 4.69) is 20.6 Å². The van der Waals surface area contributed by atoms with Crippen molar-refractivity contribution in [2.24, 2.45) is 0 Å². The van der Waals surface area contributed by atoms with Crippen LogP contribution < -0.4 is 10.6 Å². The second kappa shape index (κ2) is 9.89. The fraction of sp³-hybridized carbons (Fsp3) is 0.292. The highest BCUT2D eigenvalue weighted by Crippen LogP contribution is 2.36. The van der Waals surface area contributed by atoms with E-state index in [1.54, 1.807) is 18.6 Å². The second-order valence-corrected chi connectivity index (χ2v) is 8.27. The molecule has 4 rings (SSSR count). The van der Waals surface area contributed by atoms with Crippen molar-refractivity contribution in [1.29, 1.82) is 0 Å². The van der Waals surface area contributed by atoms with Crippen LogP contribution in [0, 0.1) is 0 Å². The SMILES string of the molecule is O=C(N[C@@H](c1cccc(-c2cnccn2)c1)[C@@H]1CCCCN1)c1cccc(C(F)(F)F)c1Cl. The van der Waals surface area contributed by atoms with Crippen molar-refractivity contribution in [3.8, 4) is 11.3 Å². The van der Waals surface area contributed by atoms with E-state index < -0.39 is 28.7 Å². The molecule has 1 fully saturated rings. The molecule has 2 heterocycles. The van der Waals surface area contributed by atoms with Crippen molar-refractivity contribution in [1.82, 2.24) is 20.6 Å². The summed E-state index contributed by atoms with van der Waals surface area (Å²) in [7, 11) is 0. The first-order valence-electron chi connectivity index (χ1n) is 10.6. The number of nitrogens with zero attached hydrogens (tertiary/aromatic N) is 2. The van der Waals surface area contributed by atoms with Gasteiger partial charge in [0, 0.05) is 24.0 Å². The van der Waals surface area contributed by atoms with Gasteiger partial charge in [-0.05, 0) is 43.1 Å². The summed E-state index contributed by atoms with van der Waals surface area (Å²) in [6.07, 6.45) is 3.00. The zero-order valence-corrected chi connectivity index (χ0v) is 18.3. The molecule has 1 saturated heterocycles. The molecule has 33 heavy (non-hydrogen) atoms. The molecule has 0 unspecified atom stereocenters. The summed E-state index contributed by atoms with van der Waals surface area (Å²) in [5, 5.41) is 5.75. The van der Waals surface area contributed by atoms with E-state index in [1.165, 1.54) is 12.1 Å². The maximum absolute atomic E-state index is 13.3. The zero-order chi connectivity index (χ0) is 23.4. The number of halogens is 4. The molecule has 1 aliphatic heterocycles. The summed E-state index contributed by atoms with van der Waals surface area (Å²) < 4.78 is 39.8. The number of rotatable bonds is 5. The van der Waals surface area contributed by atoms with E-state index in [0.29, 0.717) is 5.69 Å². The number of piperidine rings is 1. The molecular weight excluding hydrogens is 453 g/mol. The molecule has 2 aromatic carbocycles. The number of hydrogen-bond donors (Lipinski definition) is 2. The van der Waals surface area contributed by atoms with Crippen LogP contribution in [0.1, 0.15) is 46.8 Å². The van der Waals surface area contributed by atoms with E-state index in [-0.39, 0.29) is 11.6 Å². The molecule has 172 valence electrons. The molecule has 0 aliphatic carbocycles. The van der Waals surface area contributed by atoms with E-state index in [0.717, 1.165) is 43.0 Å². The van der Waals surface area contributed by atoms with Crippen LogP contribution in [0.15, 0.2) is 61.1 Å². The first-order valence-corrected chi connectivity index (χ1v) is 11.0. The van der Waals surface area contributed by atoms with Crippen molar-refractivity contribution in [3.63, 3.8) is 0 Å².